The first kappa shape index (κ1) is 20.2. The molecule has 0 atom stereocenters. The van der Waals surface area contributed by atoms with Gasteiger partial charge in [0.15, 0.2) is 5.16 Å². The minimum atomic E-state index is -0.197. The van der Waals surface area contributed by atoms with Crippen molar-refractivity contribution >= 4 is 11.8 Å². The summed E-state index contributed by atoms with van der Waals surface area (Å²) in [4.78, 5) is 12.1. The number of nitrogens with zero attached hydrogens (tertiary/aromatic N) is 4. The smallest absolute Gasteiger partial charge is 0.343 e. The Hall–Kier alpha value is -3.10. The lowest BCUT2D eigenvalue weighted by molar-refractivity contribution is 0.189. The molecule has 0 spiro atoms. The number of benzene rings is 2. The zero-order chi connectivity index (χ0) is 20.8. The van der Waals surface area contributed by atoms with Gasteiger partial charge in [0.25, 0.3) is 0 Å². The van der Waals surface area contributed by atoms with Crippen LogP contribution in [-0.4, -0.2) is 38.3 Å². The molecule has 2 aromatic heterocycles. The van der Waals surface area contributed by atoms with Crippen LogP contribution in [0.25, 0.3) is 16.9 Å². The van der Waals surface area contributed by atoms with Crippen LogP contribution in [0.2, 0.25) is 0 Å². The normalized spacial score (nSPS) is 11.1. The van der Waals surface area contributed by atoms with Gasteiger partial charge in [-0.3, -0.25) is 4.57 Å². The van der Waals surface area contributed by atoms with Crippen molar-refractivity contribution in [1.82, 2.24) is 24.5 Å². The molecule has 2 heterocycles. The van der Waals surface area contributed by atoms with E-state index in [2.05, 4.69) is 22.3 Å². The predicted molar refractivity (Wildman–Crippen MR) is 118 cm³/mol. The van der Waals surface area contributed by atoms with Gasteiger partial charge < -0.3 is 4.74 Å². The first-order valence-corrected chi connectivity index (χ1v) is 10.7. The van der Waals surface area contributed by atoms with E-state index in [9.17, 15) is 4.79 Å². The Bertz CT molecular complexity index is 1140. The molecule has 4 rings (SSSR count). The van der Waals surface area contributed by atoms with Crippen LogP contribution < -0.4 is 5.69 Å². The van der Waals surface area contributed by atoms with Crippen LogP contribution in [0, 0.1) is 0 Å². The van der Waals surface area contributed by atoms with E-state index in [1.807, 2.05) is 59.4 Å². The summed E-state index contributed by atoms with van der Waals surface area (Å²) in [7, 11) is 1.66. The van der Waals surface area contributed by atoms with E-state index < -0.39 is 0 Å². The maximum Gasteiger partial charge on any atom is 0.343 e. The lowest BCUT2D eigenvalue weighted by Crippen LogP contribution is -2.18. The standard InChI is InChI=1S/C22H23N5O2S/c1-29-14-8-13-26-21(28)23-24-22(26)30-16-18-15-27(19-11-6-3-7-12-19)25-20(18)17-9-4-2-5-10-17/h2-7,9-12,15H,8,13-14,16H2,1H3,(H,23,28). The number of ether oxygens (including phenoxy) is 1. The molecular formula is C22H23N5O2S. The molecule has 0 aliphatic carbocycles. The third kappa shape index (κ3) is 4.55. The van der Waals surface area contributed by atoms with Crippen molar-refractivity contribution in [2.24, 2.45) is 0 Å². The summed E-state index contributed by atoms with van der Waals surface area (Å²) >= 11 is 1.52. The zero-order valence-electron chi connectivity index (χ0n) is 16.7. The van der Waals surface area contributed by atoms with Gasteiger partial charge in [0, 0.05) is 43.3 Å². The fourth-order valence-corrected chi connectivity index (χ4v) is 4.12. The average Bonchev–Trinajstić information content (AvgIpc) is 3.37. The van der Waals surface area contributed by atoms with Gasteiger partial charge in [-0.05, 0) is 18.6 Å². The molecule has 1 N–H and O–H groups in total. The fraction of sp³-hybridized carbons (Fsp3) is 0.227. The van der Waals surface area contributed by atoms with Gasteiger partial charge in [-0.15, -0.1) is 5.10 Å². The van der Waals surface area contributed by atoms with E-state index >= 15 is 0 Å². The van der Waals surface area contributed by atoms with E-state index in [-0.39, 0.29) is 5.69 Å². The van der Waals surface area contributed by atoms with Crippen molar-refractivity contribution in [3.05, 3.63) is 82.9 Å². The third-order valence-corrected chi connectivity index (χ3v) is 5.69. The van der Waals surface area contributed by atoms with Crippen molar-refractivity contribution in [3.8, 4) is 16.9 Å². The number of nitrogens with one attached hydrogen (secondary N) is 1. The zero-order valence-corrected chi connectivity index (χ0v) is 17.5. The number of thioether (sulfide) groups is 1. The molecule has 8 heteroatoms. The van der Waals surface area contributed by atoms with Crippen molar-refractivity contribution < 1.29 is 4.74 Å². The summed E-state index contributed by atoms with van der Waals surface area (Å²) in [6.07, 6.45) is 2.80. The van der Waals surface area contributed by atoms with Crippen LogP contribution in [0.15, 0.2) is 76.8 Å². The van der Waals surface area contributed by atoms with Crippen LogP contribution in [0.1, 0.15) is 12.0 Å². The number of aromatic amines is 1. The number of hydrogen-bond donors (Lipinski definition) is 1. The van der Waals surface area contributed by atoms with E-state index in [1.54, 1.807) is 11.7 Å². The Morgan fingerprint density at radius 2 is 1.80 bits per heavy atom. The van der Waals surface area contributed by atoms with E-state index in [0.717, 1.165) is 28.9 Å². The molecule has 4 aromatic rings. The molecule has 0 fully saturated rings. The average molecular weight is 422 g/mol. The molecule has 0 saturated heterocycles. The Morgan fingerprint density at radius 3 is 2.53 bits per heavy atom. The van der Waals surface area contributed by atoms with Crippen LogP contribution in [0.5, 0.6) is 0 Å². The first-order chi connectivity index (χ1) is 14.8. The van der Waals surface area contributed by atoms with Crippen LogP contribution >= 0.6 is 11.8 Å². The second-order valence-corrected chi connectivity index (χ2v) is 7.69. The summed E-state index contributed by atoms with van der Waals surface area (Å²) in [6.45, 7) is 1.17. The minimum Gasteiger partial charge on any atom is -0.385 e. The van der Waals surface area contributed by atoms with Crippen LogP contribution in [0.4, 0.5) is 0 Å². The highest BCUT2D eigenvalue weighted by Crippen LogP contribution is 2.29. The highest BCUT2D eigenvalue weighted by atomic mass is 32.2. The van der Waals surface area contributed by atoms with Crippen molar-refractivity contribution in [1.29, 1.82) is 0 Å². The third-order valence-electron chi connectivity index (χ3n) is 4.67. The molecule has 7 nitrogen and oxygen atoms in total. The molecule has 2 aromatic carbocycles. The maximum absolute atomic E-state index is 12.1. The Balaban J connectivity index is 1.61. The van der Waals surface area contributed by atoms with E-state index in [0.29, 0.717) is 24.1 Å². The molecule has 0 saturated carbocycles. The van der Waals surface area contributed by atoms with Gasteiger partial charge in [0.2, 0.25) is 0 Å². The molecule has 0 aliphatic rings. The summed E-state index contributed by atoms with van der Waals surface area (Å²) < 4.78 is 8.65. The molecule has 30 heavy (non-hydrogen) atoms. The van der Waals surface area contributed by atoms with Crippen molar-refractivity contribution in [2.75, 3.05) is 13.7 Å². The van der Waals surface area contributed by atoms with Gasteiger partial charge in [-0.2, -0.15) is 5.10 Å². The molecule has 0 amide bonds. The van der Waals surface area contributed by atoms with Gasteiger partial charge in [0.05, 0.1) is 11.4 Å². The van der Waals surface area contributed by atoms with Gasteiger partial charge >= 0.3 is 5.69 Å². The molecule has 0 aliphatic heterocycles. The number of H-pyrrole nitrogens is 1. The number of hydrogen-bond acceptors (Lipinski definition) is 5. The lowest BCUT2D eigenvalue weighted by atomic mass is 10.1. The van der Waals surface area contributed by atoms with Crippen LogP contribution in [-0.2, 0) is 17.0 Å². The van der Waals surface area contributed by atoms with Gasteiger partial charge in [-0.25, -0.2) is 14.6 Å². The highest BCUT2D eigenvalue weighted by molar-refractivity contribution is 7.98. The summed E-state index contributed by atoms with van der Waals surface area (Å²) in [5, 5.41) is 12.3. The SMILES string of the molecule is COCCCn1c(SCc2cn(-c3ccccc3)nc2-c2ccccc2)n[nH]c1=O. The molecule has 0 bridgehead atoms. The second-order valence-electron chi connectivity index (χ2n) is 6.75. The minimum absolute atomic E-state index is 0.197. The molecular weight excluding hydrogens is 398 g/mol. The maximum atomic E-state index is 12.1. The first-order valence-electron chi connectivity index (χ1n) is 9.72. The number of methoxy groups -OCH3 is 1. The molecule has 0 radical (unpaired) electrons. The van der Waals surface area contributed by atoms with Crippen LogP contribution in [0.3, 0.4) is 0 Å². The number of rotatable bonds is 9. The second kappa shape index (κ2) is 9.60. The summed E-state index contributed by atoms with van der Waals surface area (Å²) in [6, 6.07) is 20.2. The Morgan fingerprint density at radius 1 is 1.07 bits per heavy atom. The Labute approximate surface area is 178 Å². The highest BCUT2D eigenvalue weighted by Gasteiger charge is 2.15. The number of aromatic nitrogens is 5. The van der Waals surface area contributed by atoms with E-state index in [1.165, 1.54) is 11.8 Å². The predicted octanol–water partition coefficient (Wildman–Crippen LogP) is 3.75. The van der Waals surface area contributed by atoms with Crippen molar-refractivity contribution in [3.63, 3.8) is 0 Å². The summed E-state index contributed by atoms with van der Waals surface area (Å²) in [5.41, 5.74) is 3.87. The summed E-state index contributed by atoms with van der Waals surface area (Å²) in [5.74, 6) is 0.644. The fourth-order valence-electron chi connectivity index (χ4n) is 3.19. The lowest BCUT2D eigenvalue weighted by Gasteiger charge is -2.05. The topological polar surface area (TPSA) is 77.7 Å². The Kier molecular flexibility index (Phi) is 6.46. The van der Waals surface area contributed by atoms with E-state index in [4.69, 9.17) is 9.84 Å². The largest absolute Gasteiger partial charge is 0.385 e. The molecule has 154 valence electrons. The van der Waals surface area contributed by atoms with Gasteiger partial charge in [0.1, 0.15) is 0 Å². The monoisotopic (exact) mass is 421 g/mol. The number of para-hydroxylation sites is 1. The quantitative estimate of drug-likeness (QED) is 0.329. The van der Waals surface area contributed by atoms with Crippen molar-refractivity contribution in [2.45, 2.75) is 23.9 Å². The molecule has 0 unspecified atom stereocenters. The van der Waals surface area contributed by atoms with Gasteiger partial charge in [-0.1, -0.05) is 60.3 Å².